The molecule has 1 aromatic carbocycles. The van der Waals surface area contributed by atoms with Crippen LogP contribution in [0.2, 0.25) is 0 Å². The van der Waals surface area contributed by atoms with Crippen molar-refractivity contribution in [1.29, 1.82) is 0 Å². The van der Waals surface area contributed by atoms with E-state index in [1.54, 1.807) is 6.07 Å². The van der Waals surface area contributed by atoms with Gasteiger partial charge in [-0.1, -0.05) is 0 Å². The van der Waals surface area contributed by atoms with Crippen LogP contribution in [0, 0.1) is 0 Å². The van der Waals surface area contributed by atoms with E-state index in [9.17, 15) is 18.0 Å². The van der Waals surface area contributed by atoms with Gasteiger partial charge in [0.1, 0.15) is 17.5 Å². The van der Waals surface area contributed by atoms with Crippen molar-refractivity contribution in [2.24, 2.45) is 0 Å². The van der Waals surface area contributed by atoms with Gasteiger partial charge >= 0.3 is 12.2 Å². The Hall–Kier alpha value is -2.12. The van der Waals surface area contributed by atoms with Crippen LogP contribution in [0.15, 0.2) is 18.2 Å². The quantitative estimate of drug-likeness (QED) is 0.919. The zero-order chi connectivity index (χ0) is 17.0. The summed E-state index contributed by atoms with van der Waals surface area (Å²) in [5.74, 6) is 0.872. The number of alkyl halides is 3. The lowest BCUT2D eigenvalue weighted by Gasteiger charge is -2.36. The zero-order valence-electron chi connectivity index (χ0n) is 12.9. The summed E-state index contributed by atoms with van der Waals surface area (Å²) in [5.41, 5.74) is 0.317. The monoisotopic (exact) mass is 332 g/mol. The van der Waals surface area contributed by atoms with Crippen LogP contribution in [0.3, 0.4) is 0 Å². The number of ether oxygens (including phenoxy) is 2. The molecule has 1 fully saturated rings. The second-order valence-corrected chi connectivity index (χ2v) is 5.28. The smallest absolute Gasteiger partial charge is 0.408 e. The van der Waals surface area contributed by atoms with E-state index in [1.807, 2.05) is 0 Å². The summed E-state index contributed by atoms with van der Waals surface area (Å²) in [6.45, 7) is 0.0805. The normalized spacial score (nSPS) is 18.5. The van der Waals surface area contributed by atoms with Gasteiger partial charge in [-0.05, 0) is 19.3 Å². The first kappa shape index (κ1) is 17.2. The lowest BCUT2D eigenvalue weighted by atomic mass is 10.0. The Balaban J connectivity index is 2.17. The van der Waals surface area contributed by atoms with Gasteiger partial charge in [0, 0.05) is 30.4 Å². The molecule has 1 aliphatic rings. The Bertz CT molecular complexity index is 541. The molecule has 5 nitrogen and oxygen atoms in total. The number of benzene rings is 1. The van der Waals surface area contributed by atoms with Crippen LogP contribution in [-0.2, 0) is 0 Å². The molecule has 8 heteroatoms. The van der Waals surface area contributed by atoms with Crippen molar-refractivity contribution in [3.05, 3.63) is 18.2 Å². The first-order valence-electron chi connectivity index (χ1n) is 7.22. The maximum absolute atomic E-state index is 13.1. The standard InChI is InChI=1S/C15H19F3N2O3/c1-22-11-7-10(8-12(9-11)23-2)19-14(21)20-6-4-3-5-13(20)15(16,17)18/h7-9,13H,3-6H2,1-2H3,(H,19,21). The largest absolute Gasteiger partial charge is 0.497 e. The van der Waals surface area contributed by atoms with Crippen LogP contribution in [-0.4, -0.2) is 43.9 Å². The van der Waals surface area contributed by atoms with Crippen LogP contribution >= 0.6 is 0 Å². The number of halogens is 3. The number of hydrogen-bond acceptors (Lipinski definition) is 3. The number of hydrogen-bond donors (Lipinski definition) is 1. The van der Waals surface area contributed by atoms with Gasteiger partial charge in [-0.25, -0.2) is 4.79 Å². The Morgan fingerprint density at radius 3 is 2.30 bits per heavy atom. The number of urea groups is 1. The summed E-state index contributed by atoms with van der Waals surface area (Å²) in [4.78, 5) is 13.1. The first-order valence-corrected chi connectivity index (χ1v) is 7.22. The predicted octanol–water partition coefficient (Wildman–Crippen LogP) is 3.65. The molecule has 1 atom stereocenters. The average Bonchev–Trinajstić information content (AvgIpc) is 2.53. The Morgan fingerprint density at radius 2 is 1.78 bits per heavy atom. The summed E-state index contributed by atoms with van der Waals surface area (Å²) >= 11 is 0. The van der Waals surface area contributed by atoms with E-state index in [1.165, 1.54) is 26.4 Å². The molecule has 1 saturated heterocycles. The van der Waals surface area contributed by atoms with E-state index in [4.69, 9.17) is 9.47 Å². The van der Waals surface area contributed by atoms with Crippen molar-refractivity contribution in [2.75, 3.05) is 26.1 Å². The number of methoxy groups -OCH3 is 2. The van der Waals surface area contributed by atoms with E-state index < -0.39 is 18.2 Å². The predicted molar refractivity (Wildman–Crippen MR) is 79.0 cm³/mol. The molecular weight excluding hydrogens is 313 g/mol. The van der Waals surface area contributed by atoms with Crippen molar-refractivity contribution in [2.45, 2.75) is 31.5 Å². The summed E-state index contributed by atoms with van der Waals surface area (Å²) in [7, 11) is 2.90. The molecule has 0 bridgehead atoms. The van der Waals surface area contributed by atoms with Crippen molar-refractivity contribution >= 4 is 11.7 Å². The molecule has 128 valence electrons. The van der Waals surface area contributed by atoms with Gasteiger partial charge in [-0.3, -0.25) is 0 Å². The molecule has 1 aliphatic heterocycles. The van der Waals surface area contributed by atoms with Gasteiger partial charge in [0.25, 0.3) is 0 Å². The fourth-order valence-electron chi connectivity index (χ4n) is 2.59. The fraction of sp³-hybridized carbons (Fsp3) is 0.533. The number of carbonyl (C=O) groups is 1. The van der Waals surface area contributed by atoms with Crippen molar-refractivity contribution in [1.82, 2.24) is 4.90 Å². The molecule has 1 heterocycles. The van der Waals surface area contributed by atoms with Crippen molar-refractivity contribution in [3.63, 3.8) is 0 Å². The minimum absolute atomic E-state index is 0.0711. The third-order valence-electron chi connectivity index (χ3n) is 3.74. The average molecular weight is 332 g/mol. The zero-order valence-corrected chi connectivity index (χ0v) is 12.9. The molecule has 0 spiro atoms. The van der Waals surface area contributed by atoms with Gasteiger partial charge in [-0.15, -0.1) is 0 Å². The highest BCUT2D eigenvalue weighted by molar-refractivity contribution is 5.90. The molecule has 23 heavy (non-hydrogen) atoms. The summed E-state index contributed by atoms with van der Waals surface area (Å²) in [6.07, 6.45) is -3.48. The van der Waals surface area contributed by atoms with Crippen LogP contribution in [0.1, 0.15) is 19.3 Å². The number of nitrogens with zero attached hydrogens (tertiary/aromatic N) is 1. The minimum atomic E-state index is -4.43. The lowest BCUT2D eigenvalue weighted by Crippen LogP contribution is -2.52. The Morgan fingerprint density at radius 1 is 1.17 bits per heavy atom. The van der Waals surface area contributed by atoms with Crippen molar-refractivity contribution < 1.29 is 27.4 Å². The number of amides is 2. The molecule has 1 aromatic rings. The van der Waals surface area contributed by atoms with Crippen LogP contribution in [0.5, 0.6) is 11.5 Å². The lowest BCUT2D eigenvalue weighted by molar-refractivity contribution is -0.181. The number of likely N-dealkylation sites (tertiary alicyclic amines) is 1. The molecule has 0 radical (unpaired) electrons. The third-order valence-corrected chi connectivity index (χ3v) is 3.74. The first-order chi connectivity index (χ1) is 10.8. The molecule has 1 N–H and O–H groups in total. The van der Waals surface area contributed by atoms with Gasteiger partial charge in [-0.2, -0.15) is 13.2 Å². The fourth-order valence-corrected chi connectivity index (χ4v) is 2.59. The van der Waals surface area contributed by atoms with E-state index in [-0.39, 0.29) is 13.0 Å². The van der Waals surface area contributed by atoms with Gasteiger partial charge < -0.3 is 19.7 Å². The number of nitrogens with one attached hydrogen (secondary N) is 1. The van der Waals surface area contributed by atoms with Crippen LogP contribution < -0.4 is 14.8 Å². The van der Waals surface area contributed by atoms with E-state index >= 15 is 0 Å². The number of rotatable bonds is 3. The van der Waals surface area contributed by atoms with E-state index in [2.05, 4.69) is 5.32 Å². The highest BCUT2D eigenvalue weighted by atomic mass is 19.4. The SMILES string of the molecule is COc1cc(NC(=O)N2CCCCC2C(F)(F)F)cc(OC)c1. The minimum Gasteiger partial charge on any atom is -0.497 e. The summed E-state index contributed by atoms with van der Waals surface area (Å²) in [6, 6.07) is 2.13. The topological polar surface area (TPSA) is 50.8 Å². The second kappa shape index (κ2) is 6.97. The molecule has 2 rings (SSSR count). The van der Waals surface area contributed by atoms with E-state index in [0.717, 1.165) is 4.90 Å². The molecule has 2 amide bonds. The highest BCUT2D eigenvalue weighted by Crippen LogP contribution is 2.33. The van der Waals surface area contributed by atoms with Crippen LogP contribution in [0.25, 0.3) is 0 Å². The Labute approximate surface area is 132 Å². The van der Waals surface area contributed by atoms with Gasteiger partial charge in [0.2, 0.25) is 0 Å². The number of anilines is 1. The molecule has 0 aromatic heterocycles. The molecular formula is C15H19F3N2O3. The van der Waals surface area contributed by atoms with Gasteiger partial charge in [0.15, 0.2) is 0 Å². The maximum Gasteiger partial charge on any atom is 0.408 e. The maximum atomic E-state index is 13.1. The van der Waals surface area contributed by atoms with E-state index in [0.29, 0.717) is 30.0 Å². The summed E-state index contributed by atoms with van der Waals surface area (Å²) < 4.78 is 49.3. The summed E-state index contributed by atoms with van der Waals surface area (Å²) in [5, 5.41) is 2.49. The highest BCUT2D eigenvalue weighted by Gasteiger charge is 2.46. The third kappa shape index (κ3) is 4.20. The van der Waals surface area contributed by atoms with Crippen LogP contribution in [0.4, 0.5) is 23.7 Å². The van der Waals surface area contributed by atoms with Gasteiger partial charge in [0.05, 0.1) is 14.2 Å². The number of carbonyl (C=O) groups excluding carboxylic acids is 1. The second-order valence-electron chi connectivity index (χ2n) is 5.28. The van der Waals surface area contributed by atoms with Crippen molar-refractivity contribution in [3.8, 4) is 11.5 Å². The molecule has 0 saturated carbocycles. The molecule has 0 aliphatic carbocycles. The molecule has 1 unspecified atom stereocenters. The number of piperidine rings is 1. The Kier molecular flexibility index (Phi) is 5.23.